The van der Waals surface area contributed by atoms with E-state index < -0.39 is 23.9 Å². The standard InChI is InChI=1S/C22H26N4O5/c1-23-21(29)17-9-5-11-26(17)19(27)14-24-20(28)16(13-15-7-3-2-4-8-15)25-22(30)18-10-6-12-31-18/h2-4,6-8,10,12,16-17H,5,9,11,13-14H2,1H3,(H,23,29)(H,24,28)(H,25,30). The van der Waals surface area contributed by atoms with E-state index in [1.54, 1.807) is 6.07 Å². The first-order valence-electron chi connectivity index (χ1n) is 10.2. The van der Waals surface area contributed by atoms with Gasteiger partial charge in [-0.3, -0.25) is 19.2 Å². The molecule has 3 rings (SSSR count). The third-order valence-electron chi connectivity index (χ3n) is 5.19. The number of amides is 4. The Morgan fingerprint density at radius 3 is 2.58 bits per heavy atom. The molecule has 4 amide bonds. The zero-order chi connectivity index (χ0) is 22.2. The van der Waals surface area contributed by atoms with Crippen LogP contribution in [-0.4, -0.2) is 60.7 Å². The molecule has 0 bridgehead atoms. The van der Waals surface area contributed by atoms with Crippen LogP contribution in [0.5, 0.6) is 0 Å². The van der Waals surface area contributed by atoms with Crippen molar-refractivity contribution in [1.29, 1.82) is 0 Å². The molecule has 0 saturated carbocycles. The summed E-state index contributed by atoms with van der Waals surface area (Å²) in [4.78, 5) is 51.3. The van der Waals surface area contributed by atoms with E-state index in [9.17, 15) is 19.2 Å². The normalized spacial score (nSPS) is 16.4. The van der Waals surface area contributed by atoms with Gasteiger partial charge in [0.05, 0.1) is 12.8 Å². The van der Waals surface area contributed by atoms with Gasteiger partial charge in [-0.05, 0) is 30.5 Å². The predicted octanol–water partition coefficient (Wildman–Crippen LogP) is 0.474. The Bertz CT molecular complexity index is 913. The molecule has 0 radical (unpaired) electrons. The topological polar surface area (TPSA) is 121 Å². The number of nitrogens with zero attached hydrogens (tertiary/aromatic N) is 1. The molecule has 0 spiro atoms. The SMILES string of the molecule is CNC(=O)C1CCCN1C(=O)CNC(=O)C(Cc1ccccc1)NC(=O)c1ccco1. The van der Waals surface area contributed by atoms with Gasteiger partial charge in [0.25, 0.3) is 5.91 Å². The number of carbonyl (C=O) groups excluding carboxylic acids is 4. The molecule has 1 aliphatic heterocycles. The smallest absolute Gasteiger partial charge is 0.287 e. The van der Waals surface area contributed by atoms with Gasteiger partial charge in [-0.15, -0.1) is 0 Å². The molecule has 2 unspecified atom stereocenters. The first-order valence-corrected chi connectivity index (χ1v) is 10.2. The highest BCUT2D eigenvalue weighted by Gasteiger charge is 2.33. The summed E-state index contributed by atoms with van der Waals surface area (Å²) in [6.07, 6.45) is 2.94. The van der Waals surface area contributed by atoms with Crippen molar-refractivity contribution in [3.8, 4) is 0 Å². The van der Waals surface area contributed by atoms with E-state index >= 15 is 0 Å². The van der Waals surface area contributed by atoms with E-state index in [1.165, 1.54) is 24.3 Å². The lowest BCUT2D eigenvalue weighted by molar-refractivity contribution is -0.138. The van der Waals surface area contributed by atoms with Gasteiger partial charge < -0.3 is 25.3 Å². The maximum atomic E-state index is 12.8. The molecule has 2 heterocycles. The Morgan fingerprint density at radius 1 is 1.13 bits per heavy atom. The van der Waals surface area contributed by atoms with E-state index in [0.29, 0.717) is 13.0 Å². The second kappa shape index (κ2) is 10.4. The van der Waals surface area contributed by atoms with Crippen molar-refractivity contribution < 1.29 is 23.6 Å². The molecule has 2 aromatic rings. The van der Waals surface area contributed by atoms with Crippen molar-refractivity contribution in [3.05, 3.63) is 60.1 Å². The molecule has 9 nitrogen and oxygen atoms in total. The number of hydrogen-bond donors (Lipinski definition) is 3. The molecule has 1 saturated heterocycles. The first-order chi connectivity index (χ1) is 15.0. The van der Waals surface area contributed by atoms with Gasteiger partial charge in [-0.1, -0.05) is 30.3 Å². The fraction of sp³-hybridized carbons (Fsp3) is 0.364. The summed E-state index contributed by atoms with van der Waals surface area (Å²) < 4.78 is 5.09. The minimum absolute atomic E-state index is 0.0902. The largest absolute Gasteiger partial charge is 0.459 e. The van der Waals surface area contributed by atoms with Crippen LogP contribution < -0.4 is 16.0 Å². The molecular formula is C22H26N4O5. The highest BCUT2D eigenvalue weighted by molar-refractivity contribution is 5.96. The van der Waals surface area contributed by atoms with E-state index in [0.717, 1.165) is 12.0 Å². The lowest BCUT2D eigenvalue weighted by atomic mass is 10.0. The third kappa shape index (κ3) is 5.71. The predicted molar refractivity (Wildman–Crippen MR) is 112 cm³/mol. The molecule has 1 aliphatic rings. The highest BCUT2D eigenvalue weighted by atomic mass is 16.3. The van der Waals surface area contributed by atoms with E-state index in [1.807, 2.05) is 30.3 Å². The summed E-state index contributed by atoms with van der Waals surface area (Å²) in [7, 11) is 1.53. The Kier molecular flexibility index (Phi) is 7.42. The Labute approximate surface area is 180 Å². The zero-order valence-electron chi connectivity index (χ0n) is 17.3. The first kappa shape index (κ1) is 22.1. The average molecular weight is 426 g/mol. The molecule has 1 aromatic heterocycles. The number of hydrogen-bond acceptors (Lipinski definition) is 5. The minimum Gasteiger partial charge on any atom is -0.459 e. The summed E-state index contributed by atoms with van der Waals surface area (Å²) in [5.74, 6) is -1.48. The number of rotatable bonds is 8. The molecule has 1 fully saturated rings. The maximum Gasteiger partial charge on any atom is 0.287 e. The number of likely N-dealkylation sites (tertiary alicyclic amines) is 1. The summed E-state index contributed by atoms with van der Waals surface area (Å²) in [6, 6.07) is 10.9. The monoisotopic (exact) mass is 426 g/mol. The Balaban J connectivity index is 1.64. The molecule has 1 aromatic carbocycles. The van der Waals surface area contributed by atoms with Crippen molar-refractivity contribution >= 4 is 23.6 Å². The van der Waals surface area contributed by atoms with Gasteiger partial charge in [-0.2, -0.15) is 0 Å². The second-order valence-electron chi connectivity index (χ2n) is 7.27. The van der Waals surface area contributed by atoms with Crippen LogP contribution in [-0.2, 0) is 20.8 Å². The van der Waals surface area contributed by atoms with Crippen molar-refractivity contribution in [2.75, 3.05) is 20.1 Å². The fourth-order valence-electron chi connectivity index (χ4n) is 3.59. The lowest BCUT2D eigenvalue weighted by Crippen LogP contribution is -2.52. The number of nitrogens with one attached hydrogen (secondary N) is 3. The van der Waals surface area contributed by atoms with E-state index in [4.69, 9.17) is 4.42 Å². The van der Waals surface area contributed by atoms with Gasteiger partial charge >= 0.3 is 0 Å². The molecule has 9 heteroatoms. The Morgan fingerprint density at radius 2 is 1.90 bits per heavy atom. The van der Waals surface area contributed by atoms with E-state index in [-0.39, 0.29) is 30.5 Å². The van der Waals surface area contributed by atoms with Crippen LogP contribution in [0.3, 0.4) is 0 Å². The van der Waals surface area contributed by atoms with Gasteiger partial charge in [-0.25, -0.2) is 0 Å². The molecule has 3 N–H and O–H groups in total. The van der Waals surface area contributed by atoms with Crippen molar-refractivity contribution in [3.63, 3.8) is 0 Å². The van der Waals surface area contributed by atoms with Crippen molar-refractivity contribution in [2.45, 2.75) is 31.3 Å². The number of benzene rings is 1. The van der Waals surface area contributed by atoms with Gasteiger partial charge in [0.15, 0.2) is 5.76 Å². The molecule has 164 valence electrons. The molecule has 2 atom stereocenters. The van der Waals surface area contributed by atoms with Crippen molar-refractivity contribution in [2.24, 2.45) is 0 Å². The Hall–Kier alpha value is -3.62. The van der Waals surface area contributed by atoms with Crippen LogP contribution in [0.15, 0.2) is 53.1 Å². The average Bonchev–Trinajstić information content (AvgIpc) is 3.49. The highest BCUT2D eigenvalue weighted by Crippen LogP contribution is 2.17. The maximum absolute atomic E-state index is 12.8. The number of likely N-dealkylation sites (N-methyl/N-ethyl adjacent to an activating group) is 1. The summed E-state index contributed by atoms with van der Waals surface area (Å²) in [5, 5.41) is 7.82. The van der Waals surface area contributed by atoms with Crippen LogP contribution in [0, 0.1) is 0 Å². The van der Waals surface area contributed by atoms with Crippen LogP contribution in [0.4, 0.5) is 0 Å². The lowest BCUT2D eigenvalue weighted by Gasteiger charge is -2.24. The van der Waals surface area contributed by atoms with Gasteiger partial charge in [0.1, 0.15) is 12.1 Å². The van der Waals surface area contributed by atoms with E-state index in [2.05, 4.69) is 16.0 Å². The van der Waals surface area contributed by atoms with Crippen molar-refractivity contribution in [1.82, 2.24) is 20.9 Å². The minimum atomic E-state index is -0.902. The molecule has 31 heavy (non-hydrogen) atoms. The number of furan rings is 1. The zero-order valence-corrected chi connectivity index (χ0v) is 17.3. The van der Waals surface area contributed by atoms with Crippen LogP contribution in [0.2, 0.25) is 0 Å². The summed E-state index contributed by atoms with van der Waals surface area (Å²) >= 11 is 0. The van der Waals surface area contributed by atoms with Crippen LogP contribution >= 0.6 is 0 Å². The quantitative estimate of drug-likeness (QED) is 0.567. The summed E-state index contributed by atoms with van der Waals surface area (Å²) in [5.41, 5.74) is 0.855. The summed E-state index contributed by atoms with van der Waals surface area (Å²) in [6.45, 7) is 0.212. The molecule has 0 aliphatic carbocycles. The second-order valence-corrected chi connectivity index (χ2v) is 7.27. The molecular weight excluding hydrogens is 400 g/mol. The van der Waals surface area contributed by atoms with Crippen LogP contribution in [0.25, 0.3) is 0 Å². The number of carbonyl (C=O) groups is 4. The third-order valence-corrected chi connectivity index (χ3v) is 5.19. The van der Waals surface area contributed by atoms with Gasteiger partial charge in [0, 0.05) is 20.0 Å². The van der Waals surface area contributed by atoms with Gasteiger partial charge in [0.2, 0.25) is 17.7 Å². The van der Waals surface area contributed by atoms with Crippen LogP contribution in [0.1, 0.15) is 29.0 Å². The fourth-order valence-corrected chi connectivity index (χ4v) is 3.59.